The molecule has 3 heterocycles. The number of carbonyl (C=O) groups is 1. The van der Waals surface area contributed by atoms with Crippen LogP contribution in [0.3, 0.4) is 0 Å². The number of ether oxygens (including phenoxy) is 1. The van der Waals surface area contributed by atoms with Gasteiger partial charge >= 0.3 is 6.36 Å². The van der Waals surface area contributed by atoms with Crippen LogP contribution < -0.4 is 20.7 Å². The van der Waals surface area contributed by atoms with E-state index in [-0.39, 0.29) is 17.4 Å². The molecule has 13 heteroatoms. The van der Waals surface area contributed by atoms with Crippen LogP contribution >= 0.6 is 23.1 Å². The monoisotopic (exact) mass is 550 g/mol. The van der Waals surface area contributed by atoms with Crippen molar-refractivity contribution >= 4 is 46.3 Å². The smallest absolute Gasteiger partial charge is 0.404 e. The number of rotatable bonds is 6. The largest absolute Gasteiger partial charge is 0.573 e. The van der Waals surface area contributed by atoms with Gasteiger partial charge in [0.1, 0.15) is 0 Å². The molecule has 0 spiro atoms. The number of hydrogen-bond acceptors (Lipinski definition) is 9. The normalized spacial score (nSPS) is 15.8. The molecule has 3 aromatic rings. The molecule has 0 bridgehead atoms. The lowest BCUT2D eigenvalue weighted by Gasteiger charge is -2.34. The lowest BCUT2D eigenvalue weighted by molar-refractivity contribution is -0.274. The molecule has 0 atom stereocenters. The minimum absolute atomic E-state index is 0.109. The Morgan fingerprint density at radius 2 is 1.97 bits per heavy atom. The highest BCUT2D eigenvalue weighted by molar-refractivity contribution is 8.00. The van der Waals surface area contributed by atoms with Crippen LogP contribution in [-0.4, -0.2) is 66.6 Å². The Bertz CT molecular complexity index is 1340. The van der Waals surface area contributed by atoms with Crippen molar-refractivity contribution in [3.8, 4) is 17.0 Å². The van der Waals surface area contributed by atoms with Gasteiger partial charge in [-0.2, -0.15) is 0 Å². The van der Waals surface area contributed by atoms with Gasteiger partial charge in [0.05, 0.1) is 20.5 Å². The van der Waals surface area contributed by atoms with Crippen LogP contribution in [0.4, 0.5) is 30.5 Å². The number of aromatic nitrogens is 2. The van der Waals surface area contributed by atoms with E-state index >= 15 is 0 Å². The number of primary amides is 1. The lowest BCUT2D eigenvalue weighted by Crippen LogP contribution is -2.44. The molecule has 8 nitrogen and oxygen atoms in total. The van der Waals surface area contributed by atoms with Crippen LogP contribution in [0.5, 0.6) is 5.75 Å². The third-order valence-corrected chi connectivity index (χ3v) is 8.80. The molecule has 0 saturated carbocycles. The summed E-state index contributed by atoms with van der Waals surface area (Å²) in [5, 5.41) is 2.95. The molecule has 1 aliphatic carbocycles. The predicted molar refractivity (Wildman–Crippen MR) is 139 cm³/mol. The van der Waals surface area contributed by atoms with E-state index in [9.17, 15) is 18.0 Å². The molecule has 5 rings (SSSR count). The second-order valence-electron chi connectivity index (χ2n) is 8.85. The zero-order valence-corrected chi connectivity index (χ0v) is 21.8. The van der Waals surface area contributed by atoms with Crippen molar-refractivity contribution < 1.29 is 22.7 Å². The number of aryl methyl sites for hydroxylation is 1. The number of nitrogens with two attached hydrogens (primary N) is 1. The van der Waals surface area contributed by atoms with Crippen molar-refractivity contribution in [1.82, 2.24) is 14.9 Å². The first-order chi connectivity index (χ1) is 17.6. The summed E-state index contributed by atoms with van der Waals surface area (Å²) in [6.45, 7) is 3.22. The highest BCUT2D eigenvalue weighted by Gasteiger charge is 2.33. The minimum atomic E-state index is -4.85. The van der Waals surface area contributed by atoms with E-state index in [4.69, 9.17) is 5.73 Å². The zero-order chi connectivity index (χ0) is 26.3. The standard InChI is InChI=1S/C24H25F3N6O2S2/c1-32-7-9-33(10-8-32)14-4-6-17(35-24(25,26)27)16(11-14)30-23-29-12-13-3-5-15-18(19(13)31-23)22(36-2)37-20(15)21(28)34/h4,6,11-12H,3,5,7-10H2,1-2H3,(H2,28,34)(H,29,30,31). The third-order valence-electron chi connectivity index (χ3n) is 6.43. The van der Waals surface area contributed by atoms with E-state index in [0.29, 0.717) is 23.4 Å². The summed E-state index contributed by atoms with van der Waals surface area (Å²) in [4.78, 5) is 25.9. The minimum Gasteiger partial charge on any atom is -0.404 e. The summed E-state index contributed by atoms with van der Waals surface area (Å²) in [6.07, 6.45) is 0.00968. The van der Waals surface area contributed by atoms with Crippen LogP contribution in [-0.2, 0) is 12.8 Å². The van der Waals surface area contributed by atoms with Gasteiger partial charge in [-0.15, -0.1) is 36.3 Å². The lowest BCUT2D eigenvalue weighted by atomic mass is 9.91. The zero-order valence-electron chi connectivity index (χ0n) is 20.2. The van der Waals surface area contributed by atoms with Gasteiger partial charge in [-0.1, -0.05) is 0 Å². The fourth-order valence-electron chi connectivity index (χ4n) is 4.60. The van der Waals surface area contributed by atoms with Gasteiger partial charge < -0.3 is 25.6 Å². The molecule has 1 aliphatic heterocycles. The molecule has 1 aromatic carbocycles. The number of fused-ring (bicyclic) bond motifs is 3. The SMILES string of the molecule is CSc1sc(C(N)=O)c2c1-c1nc(Nc3cc(N4CCN(C)CC4)ccc3OC(F)(F)F)ncc1CC2. The fourth-order valence-corrected chi connectivity index (χ4v) is 6.54. The topological polar surface area (TPSA) is 96.6 Å². The van der Waals surface area contributed by atoms with Crippen LogP contribution in [0.1, 0.15) is 20.8 Å². The number of thiophene rings is 1. The maximum absolute atomic E-state index is 13.2. The van der Waals surface area contributed by atoms with Crippen molar-refractivity contribution in [1.29, 1.82) is 0 Å². The molecule has 196 valence electrons. The number of hydrogen-bond donors (Lipinski definition) is 2. The number of nitrogens with one attached hydrogen (secondary N) is 1. The Hall–Kier alpha value is -3.03. The first-order valence-electron chi connectivity index (χ1n) is 11.6. The first kappa shape index (κ1) is 25.6. The van der Waals surface area contributed by atoms with Gasteiger partial charge in [-0.3, -0.25) is 4.79 Å². The number of alkyl halides is 3. The summed E-state index contributed by atoms with van der Waals surface area (Å²) >= 11 is 2.83. The van der Waals surface area contributed by atoms with Gasteiger partial charge in [0.15, 0.2) is 5.75 Å². The average Bonchev–Trinajstić information content (AvgIpc) is 3.24. The number of carbonyl (C=O) groups excluding carboxylic acids is 1. The number of likely N-dealkylation sites (N-methyl/N-ethyl adjacent to an activating group) is 1. The Morgan fingerprint density at radius 1 is 1.22 bits per heavy atom. The molecule has 1 fully saturated rings. The van der Waals surface area contributed by atoms with Crippen LogP contribution in [0, 0.1) is 0 Å². The van der Waals surface area contributed by atoms with E-state index in [2.05, 4.69) is 29.8 Å². The number of halogens is 3. The summed E-state index contributed by atoms with van der Waals surface area (Å²) < 4.78 is 44.7. The molecule has 3 N–H and O–H groups in total. The number of anilines is 3. The molecular formula is C24H25F3N6O2S2. The number of amides is 1. The van der Waals surface area contributed by atoms with Gasteiger partial charge in [-0.05, 0) is 55.5 Å². The van der Waals surface area contributed by atoms with Gasteiger partial charge in [0, 0.05) is 43.6 Å². The first-order valence-corrected chi connectivity index (χ1v) is 13.6. The average molecular weight is 551 g/mol. The van der Waals surface area contributed by atoms with E-state index in [1.807, 2.05) is 13.3 Å². The Balaban J connectivity index is 1.52. The molecule has 1 amide bonds. The molecular weight excluding hydrogens is 525 g/mol. The maximum atomic E-state index is 13.2. The molecule has 2 aromatic heterocycles. The molecule has 0 unspecified atom stereocenters. The number of thioether (sulfide) groups is 1. The van der Waals surface area contributed by atoms with Crippen LogP contribution in [0.25, 0.3) is 11.3 Å². The van der Waals surface area contributed by atoms with E-state index in [1.165, 1.54) is 29.2 Å². The Kier molecular flexibility index (Phi) is 6.94. The second kappa shape index (κ2) is 10.0. The van der Waals surface area contributed by atoms with E-state index in [0.717, 1.165) is 52.8 Å². The second-order valence-corrected chi connectivity index (χ2v) is 10.9. The molecule has 1 saturated heterocycles. The highest BCUT2D eigenvalue weighted by atomic mass is 32.2. The Morgan fingerprint density at radius 3 is 2.65 bits per heavy atom. The summed E-state index contributed by atoms with van der Waals surface area (Å²) in [5.41, 5.74) is 9.76. The van der Waals surface area contributed by atoms with Crippen molar-refractivity contribution in [2.24, 2.45) is 5.73 Å². The van der Waals surface area contributed by atoms with Crippen molar-refractivity contribution in [2.45, 2.75) is 23.4 Å². The number of nitrogens with zero attached hydrogens (tertiary/aromatic N) is 4. The van der Waals surface area contributed by atoms with Gasteiger partial charge in [-0.25, -0.2) is 9.97 Å². The third kappa shape index (κ3) is 5.34. The summed E-state index contributed by atoms with van der Waals surface area (Å²) in [6, 6.07) is 4.56. The van der Waals surface area contributed by atoms with E-state index in [1.54, 1.807) is 18.3 Å². The van der Waals surface area contributed by atoms with Crippen LogP contribution in [0.15, 0.2) is 28.6 Å². The Labute approximate surface area is 220 Å². The fraction of sp³-hybridized carbons (Fsp3) is 0.375. The van der Waals surface area contributed by atoms with Crippen molar-refractivity contribution in [3.05, 3.63) is 40.4 Å². The molecule has 0 radical (unpaired) electrons. The van der Waals surface area contributed by atoms with Gasteiger partial charge in [0.25, 0.3) is 5.91 Å². The molecule has 37 heavy (non-hydrogen) atoms. The van der Waals surface area contributed by atoms with Crippen molar-refractivity contribution in [2.75, 3.05) is 49.7 Å². The summed E-state index contributed by atoms with van der Waals surface area (Å²) in [7, 11) is 2.03. The number of benzene rings is 1. The quantitative estimate of drug-likeness (QED) is 0.433. The maximum Gasteiger partial charge on any atom is 0.573 e. The molecule has 2 aliphatic rings. The van der Waals surface area contributed by atoms with Gasteiger partial charge in [0.2, 0.25) is 5.95 Å². The number of piperazine rings is 1. The van der Waals surface area contributed by atoms with Crippen LogP contribution in [0.2, 0.25) is 0 Å². The highest BCUT2D eigenvalue weighted by Crippen LogP contribution is 2.46. The summed E-state index contributed by atoms with van der Waals surface area (Å²) in [5.74, 6) is -0.719. The van der Waals surface area contributed by atoms with Crippen molar-refractivity contribution in [3.63, 3.8) is 0 Å². The van der Waals surface area contributed by atoms with E-state index < -0.39 is 12.3 Å². The predicted octanol–water partition coefficient (Wildman–Crippen LogP) is 4.52.